The molecule has 1 aliphatic carbocycles. The molecule has 0 aromatic heterocycles. The van der Waals surface area contributed by atoms with Crippen molar-refractivity contribution in [3.63, 3.8) is 0 Å². The van der Waals surface area contributed by atoms with E-state index < -0.39 is 0 Å². The SMILES string of the molecule is COc1ccc(/C=C/C(=O)NC(=S)Nc2ccc3c4c(cccc24)CC3)cc1. The van der Waals surface area contributed by atoms with Gasteiger partial charge in [-0.15, -0.1) is 0 Å². The van der Waals surface area contributed by atoms with Crippen LogP contribution in [0.3, 0.4) is 0 Å². The Morgan fingerprint density at radius 3 is 2.54 bits per heavy atom. The van der Waals surface area contributed by atoms with E-state index in [2.05, 4.69) is 34.9 Å². The smallest absolute Gasteiger partial charge is 0.250 e. The quantitative estimate of drug-likeness (QED) is 0.511. The number of amides is 1. The second kappa shape index (κ2) is 7.82. The second-order valence-electron chi connectivity index (χ2n) is 6.66. The van der Waals surface area contributed by atoms with Crippen LogP contribution in [0.25, 0.3) is 16.8 Å². The molecular formula is C23H20N2O2S. The minimum Gasteiger partial charge on any atom is -0.497 e. The molecule has 140 valence electrons. The number of nitrogens with one attached hydrogen (secondary N) is 2. The molecule has 0 heterocycles. The number of hydrogen-bond acceptors (Lipinski definition) is 3. The maximum Gasteiger partial charge on any atom is 0.250 e. The second-order valence-corrected chi connectivity index (χ2v) is 7.07. The van der Waals surface area contributed by atoms with Gasteiger partial charge in [0.1, 0.15) is 5.75 Å². The number of methoxy groups -OCH3 is 1. The summed E-state index contributed by atoms with van der Waals surface area (Å²) in [6.07, 6.45) is 5.35. The number of carbonyl (C=O) groups is 1. The minimum atomic E-state index is -0.278. The van der Waals surface area contributed by atoms with Gasteiger partial charge in [0.05, 0.1) is 7.11 Å². The molecule has 2 N–H and O–H groups in total. The third kappa shape index (κ3) is 3.75. The van der Waals surface area contributed by atoms with Crippen LogP contribution < -0.4 is 15.4 Å². The van der Waals surface area contributed by atoms with Gasteiger partial charge in [-0.1, -0.05) is 36.4 Å². The molecule has 0 bridgehead atoms. The molecule has 28 heavy (non-hydrogen) atoms. The van der Waals surface area contributed by atoms with Crippen molar-refractivity contribution in [2.75, 3.05) is 12.4 Å². The molecule has 4 nitrogen and oxygen atoms in total. The fourth-order valence-electron chi connectivity index (χ4n) is 3.55. The summed E-state index contributed by atoms with van der Waals surface area (Å²) in [5.41, 5.74) is 4.55. The number of carbonyl (C=O) groups excluding carboxylic acids is 1. The van der Waals surface area contributed by atoms with Gasteiger partial charge in [-0.2, -0.15) is 0 Å². The van der Waals surface area contributed by atoms with Crippen molar-refractivity contribution in [1.82, 2.24) is 5.32 Å². The van der Waals surface area contributed by atoms with Crippen molar-refractivity contribution in [3.8, 4) is 5.75 Å². The van der Waals surface area contributed by atoms with E-state index in [1.54, 1.807) is 13.2 Å². The van der Waals surface area contributed by atoms with Crippen LogP contribution in [0, 0.1) is 0 Å². The van der Waals surface area contributed by atoms with Gasteiger partial charge in [0.25, 0.3) is 0 Å². The molecule has 4 rings (SSSR count). The van der Waals surface area contributed by atoms with Crippen molar-refractivity contribution in [3.05, 3.63) is 77.4 Å². The minimum absolute atomic E-state index is 0.278. The van der Waals surface area contributed by atoms with E-state index in [1.807, 2.05) is 30.3 Å². The Morgan fingerprint density at radius 1 is 1.04 bits per heavy atom. The monoisotopic (exact) mass is 388 g/mol. The molecule has 0 spiro atoms. The summed E-state index contributed by atoms with van der Waals surface area (Å²) in [5.74, 6) is 0.497. The Balaban J connectivity index is 1.42. The zero-order valence-electron chi connectivity index (χ0n) is 15.5. The van der Waals surface area contributed by atoms with Gasteiger partial charge in [-0.05, 0) is 71.4 Å². The van der Waals surface area contributed by atoms with E-state index in [-0.39, 0.29) is 11.0 Å². The molecule has 1 aliphatic rings. The zero-order valence-corrected chi connectivity index (χ0v) is 16.3. The molecule has 0 saturated heterocycles. The van der Waals surface area contributed by atoms with E-state index in [0.29, 0.717) is 0 Å². The first-order valence-corrected chi connectivity index (χ1v) is 9.52. The predicted molar refractivity (Wildman–Crippen MR) is 118 cm³/mol. The van der Waals surface area contributed by atoms with Crippen LogP contribution in [0.4, 0.5) is 5.69 Å². The highest BCUT2D eigenvalue weighted by Crippen LogP contribution is 2.34. The summed E-state index contributed by atoms with van der Waals surface area (Å²) >= 11 is 5.33. The largest absolute Gasteiger partial charge is 0.497 e. The number of hydrogen-bond donors (Lipinski definition) is 2. The number of ether oxygens (including phenoxy) is 1. The van der Waals surface area contributed by atoms with Gasteiger partial charge in [0, 0.05) is 17.1 Å². The highest BCUT2D eigenvalue weighted by Gasteiger charge is 2.16. The van der Waals surface area contributed by atoms with E-state index in [0.717, 1.165) is 35.2 Å². The molecule has 0 unspecified atom stereocenters. The van der Waals surface area contributed by atoms with Crippen LogP contribution in [0.2, 0.25) is 0 Å². The fraction of sp³-hybridized carbons (Fsp3) is 0.130. The molecule has 1 amide bonds. The maximum absolute atomic E-state index is 12.2. The standard InChI is InChI=1S/C23H20N2O2S/c1-27-18-11-5-15(6-12-18)7-14-21(26)25-23(28)24-20-13-10-17-9-8-16-3-2-4-19(20)22(16)17/h2-7,10-14H,8-9H2,1H3,(H2,24,25,26,28)/b14-7+. The summed E-state index contributed by atoms with van der Waals surface area (Å²) in [6.45, 7) is 0. The zero-order chi connectivity index (χ0) is 19.5. The Kier molecular flexibility index (Phi) is 5.08. The van der Waals surface area contributed by atoms with E-state index >= 15 is 0 Å². The maximum atomic E-state index is 12.2. The lowest BCUT2D eigenvalue weighted by molar-refractivity contribution is -0.115. The molecule has 0 aliphatic heterocycles. The number of aryl methyl sites for hydroxylation is 2. The van der Waals surface area contributed by atoms with Gasteiger partial charge in [-0.25, -0.2) is 0 Å². The third-order valence-corrected chi connectivity index (χ3v) is 5.11. The molecule has 0 fully saturated rings. The molecule has 0 atom stereocenters. The van der Waals surface area contributed by atoms with Crippen LogP contribution in [0.1, 0.15) is 16.7 Å². The van der Waals surface area contributed by atoms with Gasteiger partial charge in [0.15, 0.2) is 5.11 Å². The van der Waals surface area contributed by atoms with Crippen molar-refractivity contribution >= 4 is 45.8 Å². The average Bonchev–Trinajstić information content (AvgIpc) is 3.13. The third-order valence-electron chi connectivity index (χ3n) is 4.90. The summed E-state index contributed by atoms with van der Waals surface area (Å²) < 4.78 is 5.12. The van der Waals surface area contributed by atoms with Gasteiger partial charge >= 0.3 is 0 Å². The normalized spacial score (nSPS) is 12.3. The fourth-order valence-corrected chi connectivity index (χ4v) is 3.76. The van der Waals surface area contributed by atoms with Crippen molar-refractivity contribution in [1.29, 1.82) is 0 Å². The lowest BCUT2D eigenvalue weighted by Gasteiger charge is -2.12. The summed E-state index contributed by atoms with van der Waals surface area (Å²) in [7, 11) is 1.62. The molecule has 5 heteroatoms. The molecule has 3 aromatic rings. The van der Waals surface area contributed by atoms with Crippen molar-refractivity contribution in [2.45, 2.75) is 12.8 Å². The van der Waals surface area contributed by atoms with E-state index in [4.69, 9.17) is 17.0 Å². The van der Waals surface area contributed by atoms with Crippen LogP contribution in [0.5, 0.6) is 5.75 Å². The molecule has 0 radical (unpaired) electrons. The number of rotatable bonds is 4. The van der Waals surface area contributed by atoms with Crippen LogP contribution in [-0.4, -0.2) is 18.1 Å². The van der Waals surface area contributed by atoms with Crippen LogP contribution >= 0.6 is 12.2 Å². The topological polar surface area (TPSA) is 50.4 Å². The molecule has 3 aromatic carbocycles. The first-order chi connectivity index (χ1) is 13.6. The Morgan fingerprint density at radius 2 is 1.79 bits per heavy atom. The van der Waals surface area contributed by atoms with Crippen LogP contribution in [0.15, 0.2) is 60.7 Å². The van der Waals surface area contributed by atoms with Gasteiger partial charge < -0.3 is 10.1 Å². The number of thiocarbonyl (C=S) groups is 1. The number of benzene rings is 3. The predicted octanol–water partition coefficient (Wildman–Crippen LogP) is 4.47. The molecule has 0 saturated carbocycles. The first-order valence-electron chi connectivity index (χ1n) is 9.11. The highest BCUT2D eigenvalue weighted by atomic mass is 32.1. The molecular weight excluding hydrogens is 368 g/mol. The average molecular weight is 388 g/mol. The van der Waals surface area contributed by atoms with Crippen molar-refractivity contribution in [2.24, 2.45) is 0 Å². The lowest BCUT2D eigenvalue weighted by Crippen LogP contribution is -2.32. The highest BCUT2D eigenvalue weighted by molar-refractivity contribution is 7.80. The van der Waals surface area contributed by atoms with Crippen LogP contribution in [-0.2, 0) is 17.6 Å². The summed E-state index contributed by atoms with van der Waals surface area (Å²) in [5, 5.41) is 8.59. The number of anilines is 1. The Bertz CT molecular complexity index is 1080. The van der Waals surface area contributed by atoms with Crippen molar-refractivity contribution < 1.29 is 9.53 Å². The van der Waals surface area contributed by atoms with E-state index in [1.165, 1.54) is 22.6 Å². The lowest BCUT2D eigenvalue weighted by atomic mass is 10.0. The van der Waals surface area contributed by atoms with E-state index in [9.17, 15) is 4.79 Å². The van der Waals surface area contributed by atoms with Gasteiger partial charge in [0.2, 0.25) is 5.91 Å². The van der Waals surface area contributed by atoms with Gasteiger partial charge in [-0.3, -0.25) is 10.1 Å². The Labute approximate surface area is 169 Å². The Hall–Kier alpha value is -3.18. The summed E-state index contributed by atoms with van der Waals surface area (Å²) in [4.78, 5) is 12.2. The summed E-state index contributed by atoms with van der Waals surface area (Å²) in [6, 6.07) is 17.9. The first kappa shape index (κ1) is 18.2.